The molecule has 7 nitrogen and oxygen atoms in total. The minimum Gasteiger partial charge on any atom is -0.324 e. The van der Waals surface area contributed by atoms with Gasteiger partial charge in [-0.1, -0.05) is 6.08 Å². The van der Waals surface area contributed by atoms with Gasteiger partial charge in [-0.05, 0) is 13.0 Å². The standard InChI is InChI=1S/C6H15NO6P2/c1-2-3-4-7-5-6(14(8,9)10)15(11,12)13/h2,6-7H,1,3-5H2,(H2,8,9,10)(H2,11,12,13). The van der Waals surface area contributed by atoms with Gasteiger partial charge in [0.2, 0.25) is 0 Å². The molecule has 0 saturated heterocycles. The summed E-state index contributed by atoms with van der Waals surface area (Å²) in [5, 5.41) is 0.567. The van der Waals surface area contributed by atoms with Gasteiger partial charge in [-0.15, -0.1) is 6.58 Å². The minimum atomic E-state index is -4.80. The van der Waals surface area contributed by atoms with Crippen molar-refractivity contribution in [3.05, 3.63) is 12.7 Å². The van der Waals surface area contributed by atoms with E-state index in [-0.39, 0.29) is 0 Å². The van der Waals surface area contributed by atoms with Crippen LogP contribution in [0.1, 0.15) is 6.42 Å². The summed E-state index contributed by atoms with van der Waals surface area (Å²) in [5.74, 6) is 0. The van der Waals surface area contributed by atoms with E-state index >= 15 is 0 Å². The van der Waals surface area contributed by atoms with Gasteiger partial charge in [-0.2, -0.15) is 0 Å². The van der Waals surface area contributed by atoms with E-state index in [0.717, 1.165) is 0 Å². The van der Waals surface area contributed by atoms with Crippen LogP contribution in [0.3, 0.4) is 0 Å². The van der Waals surface area contributed by atoms with Gasteiger partial charge in [0.15, 0.2) is 5.40 Å². The first-order valence-corrected chi connectivity index (χ1v) is 7.48. The van der Waals surface area contributed by atoms with Crippen molar-refractivity contribution in [2.75, 3.05) is 13.1 Å². The molecule has 9 heteroatoms. The summed E-state index contributed by atoms with van der Waals surface area (Å²) in [4.78, 5) is 34.9. The first kappa shape index (κ1) is 15.0. The summed E-state index contributed by atoms with van der Waals surface area (Å²) in [6.07, 6.45) is 2.13. The molecule has 0 heterocycles. The molecule has 0 rings (SSSR count). The molecule has 0 atom stereocenters. The molecular weight excluding hydrogens is 244 g/mol. The second-order valence-electron chi connectivity index (χ2n) is 2.94. The summed E-state index contributed by atoms with van der Waals surface area (Å²) in [6.45, 7) is 3.36. The van der Waals surface area contributed by atoms with E-state index in [4.69, 9.17) is 19.6 Å². The lowest BCUT2D eigenvalue weighted by molar-refractivity contribution is 0.336. The topological polar surface area (TPSA) is 127 Å². The van der Waals surface area contributed by atoms with Crippen molar-refractivity contribution in [3.8, 4) is 0 Å². The lowest BCUT2D eigenvalue weighted by atomic mass is 10.4. The molecule has 0 aromatic carbocycles. The SMILES string of the molecule is C=CCCNCC(P(=O)(O)O)P(=O)(O)O. The van der Waals surface area contributed by atoms with Crippen molar-refractivity contribution < 1.29 is 28.7 Å². The molecule has 0 aliphatic heterocycles. The van der Waals surface area contributed by atoms with E-state index in [1.807, 2.05) is 0 Å². The Kier molecular flexibility index (Phi) is 5.92. The molecule has 0 bridgehead atoms. The first-order valence-electron chi connectivity index (χ1n) is 4.11. The van der Waals surface area contributed by atoms with Gasteiger partial charge in [0, 0.05) is 6.54 Å². The van der Waals surface area contributed by atoms with Crippen LogP contribution in [0, 0.1) is 0 Å². The summed E-state index contributed by atoms with van der Waals surface area (Å²) < 4.78 is 21.6. The number of hydrogen-bond donors (Lipinski definition) is 5. The van der Waals surface area contributed by atoms with Crippen LogP contribution in [-0.2, 0) is 9.13 Å². The Labute approximate surface area is 87.5 Å². The fraction of sp³-hybridized carbons (Fsp3) is 0.667. The third kappa shape index (κ3) is 6.22. The Morgan fingerprint density at radius 1 is 1.20 bits per heavy atom. The second-order valence-corrected chi connectivity index (χ2v) is 6.95. The largest absolute Gasteiger partial charge is 0.342 e. The van der Waals surface area contributed by atoms with Gasteiger partial charge in [-0.3, -0.25) is 9.13 Å². The molecule has 0 spiro atoms. The van der Waals surface area contributed by atoms with Crippen molar-refractivity contribution >= 4 is 15.2 Å². The van der Waals surface area contributed by atoms with Crippen LogP contribution in [0.2, 0.25) is 0 Å². The first-order chi connectivity index (χ1) is 6.69. The Morgan fingerprint density at radius 2 is 1.67 bits per heavy atom. The third-order valence-corrected chi connectivity index (χ3v) is 5.35. The van der Waals surface area contributed by atoms with E-state index in [1.54, 1.807) is 6.08 Å². The molecule has 15 heavy (non-hydrogen) atoms. The zero-order chi connectivity index (χ0) is 12.1. The fourth-order valence-electron chi connectivity index (χ4n) is 0.869. The molecule has 0 aromatic heterocycles. The molecule has 0 amide bonds. The third-order valence-electron chi connectivity index (χ3n) is 1.63. The summed E-state index contributed by atoms with van der Waals surface area (Å²) >= 11 is 0. The van der Waals surface area contributed by atoms with Crippen molar-refractivity contribution in [1.82, 2.24) is 5.32 Å². The van der Waals surface area contributed by atoms with E-state index in [2.05, 4.69) is 11.9 Å². The summed E-state index contributed by atoms with van der Waals surface area (Å²) in [7, 11) is -9.59. The summed E-state index contributed by atoms with van der Waals surface area (Å²) in [5.41, 5.74) is 0. The van der Waals surface area contributed by atoms with Crippen LogP contribution in [-0.4, -0.2) is 38.1 Å². The van der Waals surface area contributed by atoms with Gasteiger partial charge >= 0.3 is 15.2 Å². The maximum Gasteiger partial charge on any atom is 0.342 e. The highest BCUT2D eigenvalue weighted by molar-refractivity contribution is 7.70. The van der Waals surface area contributed by atoms with Gasteiger partial charge in [-0.25, -0.2) is 0 Å². The zero-order valence-electron chi connectivity index (χ0n) is 7.98. The van der Waals surface area contributed by atoms with E-state index in [9.17, 15) is 9.13 Å². The molecule has 5 N–H and O–H groups in total. The predicted molar refractivity (Wildman–Crippen MR) is 55.6 cm³/mol. The molecule has 0 fully saturated rings. The van der Waals surface area contributed by atoms with E-state index < -0.39 is 27.1 Å². The molecule has 0 unspecified atom stereocenters. The fourth-order valence-corrected chi connectivity index (χ4v) is 3.17. The Bertz CT molecular complexity index is 272. The van der Waals surface area contributed by atoms with Crippen molar-refractivity contribution in [2.24, 2.45) is 0 Å². The van der Waals surface area contributed by atoms with Crippen molar-refractivity contribution in [2.45, 2.75) is 11.8 Å². The van der Waals surface area contributed by atoms with Crippen LogP contribution >= 0.6 is 15.2 Å². The highest BCUT2D eigenvalue weighted by atomic mass is 31.2. The number of nitrogens with one attached hydrogen (secondary N) is 1. The lowest BCUT2D eigenvalue weighted by Gasteiger charge is -2.19. The zero-order valence-corrected chi connectivity index (χ0v) is 9.77. The monoisotopic (exact) mass is 259 g/mol. The van der Waals surface area contributed by atoms with Crippen molar-refractivity contribution in [1.29, 1.82) is 0 Å². The van der Waals surface area contributed by atoms with Gasteiger partial charge in [0.25, 0.3) is 0 Å². The highest BCUT2D eigenvalue weighted by Crippen LogP contribution is 2.59. The molecule has 0 aliphatic carbocycles. The Balaban J connectivity index is 4.36. The molecule has 90 valence electrons. The normalized spacial score (nSPS) is 13.1. The average molecular weight is 259 g/mol. The lowest BCUT2D eigenvalue weighted by Crippen LogP contribution is -2.27. The maximum atomic E-state index is 10.8. The minimum absolute atomic E-state index is 0.361. The maximum absolute atomic E-state index is 10.8. The van der Waals surface area contributed by atoms with E-state index in [1.165, 1.54) is 0 Å². The molecule has 0 saturated carbocycles. The van der Waals surface area contributed by atoms with Crippen LogP contribution in [0.25, 0.3) is 0 Å². The Morgan fingerprint density at radius 3 is 2.00 bits per heavy atom. The molecule has 0 radical (unpaired) electrons. The van der Waals surface area contributed by atoms with Gasteiger partial charge in [0.05, 0.1) is 0 Å². The summed E-state index contributed by atoms with van der Waals surface area (Å²) in [6, 6.07) is 0. The van der Waals surface area contributed by atoms with Crippen molar-refractivity contribution in [3.63, 3.8) is 0 Å². The van der Waals surface area contributed by atoms with Gasteiger partial charge in [0.1, 0.15) is 0 Å². The highest BCUT2D eigenvalue weighted by Gasteiger charge is 2.42. The average Bonchev–Trinajstić information content (AvgIpc) is 1.99. The van der Waals surface area contributed by atoms with Crippen LogP contribution < -0.4 is 5.32 Å². The van der Waals surface area contributed by atoms with E-state index in [0.29, 0.717) is 13.0 Å². The second kappa shape index (κ2) is 5.92. The Hall–Kier alpha value is -0.0000000000000000416. The predicted octanol–water partition coefficient (Wildman–Crippen LogP) is -0.166. The van der Waals surface area contributed by atoms with Gasteiger partial charge < -0.3 is 24.9 Å². The molecular formula is C6H15NO6P2. The van der Waals surface area contributed by atoms with Crippen LogP contribution in [0.15, 0.2) is 12.7 Å². The molecule has 0 aliphatic rings. The molecule has 0 aromatic rings. The number of rotatable bonds is 7. The smallest absolute Gasteiger partial charge is 0.324 e. The number of hydrogen-bond acceptors (Lipinski definition) is 3. The van der Waals surface area contributed by atoms with Crippen LogP contribution in [0.5, 0.6) is 0 Å². The van der Waals surface area contributed by atoms with Crippen LogP contribution in [0.4, 0.5) is 0 Å². The quantitative estimate of drug-likeness (QED) is 0.244.